The summed E-state index contributed by atoms with van der Waals surface area (Å²) in [6.07, 6.45) is -0.836. The number of aryl methyl sites for hydroxylation is 1. The molecule has 0 heterocycles. The Morgan fingerprint density at radius 1 is 1.19 bits per heavy atom. The van der Waals surface area contributed by atoms with E-state index in [2.05, 4.69) is 21.2 Å². The Hall–Kier alpha value is -2.10. The Labute approximate surface area is 160 Å². The maximum Gasteiger partial charge on any atom is 0.265 e. The second-order valence-electron chi connectivity index (χ2n) is 5.59. The molecule has 26 heavy (non-hydrogen) atoms. The highest BCUT2D eigenvalue weighted by Crippen LogP contribution is 2.29. The summed E-state index contributed by atoms with van der Waals surface area (Å²) in [7, 11) is -2.50. The molecule has 0 saturated heterocycles. The highest BCUT2D eigenvalue weighted by atomic mass is 79.9. The molecular weight excluding hydrogens is 424 g/mol. The van der Waals surface area contributed by atoms with Crippen LogP contribution in [0.3, 0.4) is 0 Å². The Morgan fingerprint density at radius 2 is 1.85 bits per heavy atom. The molecule has 0 aromatic heterocycles. The number of carbonyl (C=O) groups is 1. The molecule has 1 amide bonds. The number of hydrogen-bond donors (Lipinski definition) is 2. The third-order valence-corrected chi connectivity index (χ3v) is 5.05. The van der Waals surface area contributed by atoms with Crippen molar-refractivity contribution in [3.63, 3.8) is 0 Å². The zero-order valence-electron chi connectivity index (χ0n) is 14.4. The number of sulfonamides is 1. The second-order valence-corrected chi connectivity index (χ2v) is 8.01. The number of primary sulfonamides is 1. The van der Waals surface area contributed by atoms with Gasteiger partial charge in [0, 0.05) is 0 Å². The fourth-order valence-electron chi connectivity index (χ4n) is 2.14. The van der Waals surface area contributed by atoms with Crippen molar-refractivity contribution in [2.75, 3.05) is 12.4 Å². The molecule has 140 valence electrons. The van der Waals surface area contributed by atoms with Gasteiger partial charge in [0.1, 0.15) is 11.5 Å². The van der Waals surface area contributed by atoms with Crippen LogP contribution in [0.4, 0.5) is 5.69 Å². The van der Waals surface area contributed by atoms with E-state index in [-0.39, 0.29) is 10.6 Å². The fraction of sp³-hybridized carbons (Fsp3) is 0.235. The lowest BCUT2D eigenvalue weighted by Crippen LogP contribution is -2.30. The molecule has 0 saturated carbocycles. The second kappa shape index (κ2) is 8.07. The first-order chi connectivity index (χ1) is 12.1. The maximum absolute atomic E-state index is 12.4. The number of ether oxygens (including phenoxy) is 2. The van der Waals surface area contributed by atoms with Crippen molar-refractivity contribution in [2.45, 2.75) is 24.8 Å². The highest BCUT2D eigenvalue weighted by Gasteiger charge is 2.19. The molecule has 0 bridgehead atoms. The van der Waals surface area contributed by atoms with Gasteiger partial charge in [0.25, 0.3) is 5.91 Å². The Bertz CT molecular complexity index is 931. The molecule has 2 aromatic carbocycles. The van der Waals surface area contributed by atoms with Gasteiger partial charge >= 0.3 is 0 Å². The maximum atomic E-state index is 12.4. The molecule has 7 nitrogen and oxygen atoms in total. The number of carbonyl (C=O) groups excluding carboxylic acids is 1. The van der Waals surface area contributed by atoms with Crippen LogP contribution in [-0.4, -0.2) is 27.5 Å². The van der Waals surface area contributed by atoms with Gasteiger partial charge in [0.15, 0.2) is 6.10 Å². The number of rotatable bonds is 6. The van der Waals surface area contributed by atoms with Crippen LogP contribution in [-0.2, 0) is 14.8 Å². The van der Waals surface area contributed by atoms with E-state index in [1.165, 1.54) is 25.3 Å². The number of nitrogens with two attached hydrogens (primary N) is 1. The third kappa shape index (κ3) is 4.96. The first-order valence-corrected chi connectivity index (χ1v) is 9.90. The standard InChI is InChI=1S/C17H19BrN2O5S/c1-10-4-6-15(13(18)8-10)25-11(2)17(21)20-14-9-12(26(19,22)23)5-7-16(14)24-3/h4-9,11H,1-3H3,(H,20,21)(H2,19,22,23). The Kier molecular flexibility index (Phi) is 6.27. The van der Waals surface area contributed by atoms with Gasteiger partial charge in [0.05, 0.1) is 22.2 Å². The van der Waals surface area contributed by atoms with Crippen molar-refractivity contribution in [3.8, 4) is 11.5 Å². The van der Waals surface area contributed by atoms with E-state index in [0.29, 0.717) is 11.5 Å². The van der Waals surface area contributed by atoms with Gasteiger partial charge in [-0.15, -0.1) is 0 Å². The fourth-order valence-corrected chi connectivity index (χ4v) is 3.27. The SMILES string of the molecule is COc1ccc(S(N)(=O)=O)cc1NC(=O)C(C)Oc1ccc(C)cc1Br. The van der Waals surface area contributed by atoms with E-state index in [4.69, 9.17) is 14.6 Å². The quantitative estimate of drug-likeness (QED) is 0.714. The van der Waals surface area contributed by atoms with Crippen molar-refractivity contribution in [1.82, 2.24) is 0 Å². The minimum atomic E-state index is -3.91. The number of nitrogens with one attached hydrogen (secondary N) is 1. The lowest BCUT2D eigenvalue weighted by Gasteiger charge is -2.17. The summed E-state index contributed by atoms with van der Waals surface area (Å²) in [5.41, 5.74) is 1.23. The molecule has 2 aromatic rings. The summed E-state index contributed by atoms with van der Waals surface area (Å²) in [5.74, 6) is 0.348. The van der Waals surface area contributed by atoms with Crippen LogP contribution < -0.4 is 19.9 Å². The Morgan fingerprint density at radius 3 is 2.42 bits per heavy atom. The van der Waals surface area contributed by atoms with Crippen LogP contribution in [0.5, 0.6) is 11.5 Å². The number of hydrogen-bond acceptors (Lipinski definition) is 5. The first-order valence-electron chi connectivity index (χ1n) is 7.56. The summed E-state index contributed by atoms with van der Waals surface area (Å²) in [6, 6.07) is 9.44. The minimum Gasteiger partial charge on any atom is -0.495 e. The van der Waals surface area contributed by atoms with Crippen molar-refractivity contribution in [3.05, 3.63) is 46.4 Å². The first kappa shape index (κ1) is 20.2. The van der Waals surface area contributed by atoms with Gasteiger partial charge < -0.3 is 14.8 Å². The van der Waals surface area contributed by atoms with E-state index in [0.717, 1.165) is 10.0 Å². The Balaban J connectivity index is 2.20. The van der Waals surface area contributed by atoms with Gasteiger partial charge in [-0.2, -0.15) is 0 Å². The van der Waals surface area contributed by atoms with E-state index in [9.17, 15) is 13.2 Å². The van der Waals surface area contributed by atoms with Gasteiger partial charge in [-0.1, -0.05) is 6.07 Å². The van der Waals surface area contributed by atoms with Gasteiger partial charge in [-0.25, -0.2) is 13.6 Å². The van der Waals surface area contributed by atoms with Crippen molar-refractivity contribution >= 4 is 37.5 Å². The molecule has 0 aliphatic rings. The van der Waals surface area contributed by atoms with Crippen LogP contribution >= 0.6 is 15.9 Å². The monoisotopic (exact) mass is 442 g/mol. The predicted octanol–water partition coefficient (Wildman–Crippen LogP) is 2.82. The van der Waals surface area contributed by atoms with Crippen LogP contribution in [0.2, 0.25) is 0 Å². The summed E-state index contributed by atoms with van der Waals surface area (Å²) in [5, 5.41) is 7.73. The summed E-state index contributed by atoms with van der Waals surface area (Å²) < 4.78 is 34.5. The number of benzene rings is 2. The average Bonchev–Trinajstić information content (AvgIpc) is 2.56. The van der Waals surface area contributed by atoms with Gasteiger partial charge in [-0.05, 0) is 65.7 Å². The van der Waals surface area contributed by atoms with Crippen LogP contribution in [0, 0.1) is 6.92 Å². The number of halogens is 1. The highest BCUT2D eigenvalue weighted by molar-refractivity contribution is 9.10. The van der Waals surface area contributed by atoms with Gasteiger partial charge in [0.2, 0.25) is 10.0 Å². The van der Waals surface area contributed by atoms with Crippen molar-refractivity contribution in [1.29, 1.82) is 0 Å². The number of anilines is 1. The molecule has 3 N–H and O–H groups in total. The van der Waals surface area contributed by atoms with Crippen LogP contribution in [0.1, 0.15) is 12.5 Å². The molecule has 9 heteroatoms. The van der Waals surface area contributed by atoms with Crippen LogP contribution in [0.15, 0.2) is 45.8 Å². The molecule has 0 aliphatic carbocycles. The lowest BCUT2D eigenvalue weighted by molar-refractivity contribution is -0.122. The lowest BCUT2D eigenvalue weighted by atomic mass is 10.2. The van der Waals surface area contributed by atoms with E-state index >= 15 is 0 Å². The molecule has 2 rings (SSSR count). The zero-order chi connectivity index (χ0) is 19.5. The third-order valence-electron chi connectivity index (χ3n) is 3.52. The van der Waals surface area contributed by atoms with Gasteiger partial charge in [-0.3, -0.25) is 4.79 Å². The topological polar surface area (TPSA) is 108 Å². The minimum absolute atomic E-state index is 0.136. The molecule has 0 spiro atoms. The smallest absolute Gasteiger partial charge is 0.265 e. The number of amides is 1. The largest absolute Gasteiger partial charge is 0.495 e. The summed E-state index contributed by atoms with van der Waals surface area (Å²) >= 11 is 3.39. The van der Waals surface area contributed by atoms with E-state index in [1.807, 2.05) is 19.1 Å². The number of methoxy groups -OCH3 is 1. The predicted molar refractivity (Wildman–Crippen MR) is 102 cm³/mol. The molecular formula is C17H19BrN2O5S. The van der Waals surface area contributed by atoms with Crippen molar-refractivity contribution in [2.24, 2.45) is 5.14 Å². The molecule has 0 aliphatic heterocycles. The van der Waals surface area contributed by atoms with E-state index < -0.39 is 22.0 Å². The molecule has 0 radical (unpaired) electrons. The van der Waals surface area contributed by atoms with Crippen molar-refractivity contribution < 1.29 is 22.7 Å². The summed E-state index contributed by atoms with van der Waals surface area (Å²) in [6.45, 7) is 3.52. The molecule has 1 atom stereocenters. The summed E-state index contributed by atoms with van der Waals surface area (Å²) in [4.78, 5) is 12.3. The zero-order valence-corrected chi connectivity index (χ0v) is 16.8. The molecule has 0 fully saturated rings. The van der Waals surface area contributed by atoms with Crippen LogP contribution in [0.25, 0.3) is 0 Å². The molecule has 1 unspecified atom stereocenters. The normalized spacial score (nSPS) is 12.3. The van der Waals surface area contributed by atoms with E-state index in [1.54, 1.807) is 13.0 Å². The average molecular weight is 443 g/mol.